The van der Waals surface area contributed by atoms with Crippen LogP contribution in [0.2, 0.25) is 0 Å². The molecule has 3 rings (SSSR count). The molecule has 4 nitrogen and oxygen atoms in total. The lowest BCUT2D eigenvalue weighted by molar-refractivity contribution is 0.102. The number of benzene rings is 1. The van der Waals surface area contributed by atoms with Gasteiger partial charge < -0.3 is 5.32 Å². The van der Waals surface area contributed by atoms with Gasteiger partial charge in [0, 0.05) is 17.8 Å². The van der Waals surface area contributed by atoms with Crippen LogP contribution in [0.15, 0.2) is 42.1 Å². The zero-order valence-corrected chi connectivity index (χ0v) is 14.7. The maximum atomic E-state index is 12.4. The van der Waals surface area contributed by atoms with E-state index in [0.717, 1.165) is 30.5 Å². The highest BCUT2D eigenvalue weighted by atomic mass is 35.5. The van der Waals surface area contributed by atoms with E-state index in [-0.39, 0.29) is 11.6 Å². The first kappa shape index (κ1) is 17.2. The molecule has 2 aromatic rings. The average Bonchev–Trinajstić information content (AvgIpc) is 2.80. The van der Waals surface area contributed by atoms with Crippen molar-refractivity contribution in [2.75, 3.05) is 11.2 Å². The first-order chi connectivity index (χ1) is 12.1. The van der Waals surface area contributed by atoms with E-state index in [1.165, 1.54) is 22.9 Å². The fourth-order valence-electron chi connectivity index (χ4n) is 3.05. The summed E-state index contributed by atoms with van der Waals surface area (Å²) in [7, 11) is 0. The number of allylic oxidation sites excluding steroid dienone is 2. The summed E-state index contributed by atoms with van der Waals surface area (Å²) in [6, 6.07) is 11.1. The SMILES string of the molecule is CC1=C(CCl)CCCc2ccc(NC(=O)c3ccc(C#N)cn3)cc21. The fraction of sp³-hybridized carbons (Fsp3) is 0.250. The Kier molecular flexibility index (Phi) is 5.16. The Labute approximate surface area is 152 Å². The van der Waals surface area contributed by atoms with Gasteiger partial charge in [-0.3, -0.25) is 4.79 Å². The number of amides is 1. The summed E-state index contributed by atoms with van der Waals surface area (Å²) in [5.74, 6) is 0.245. The first-order valence-electron chi connectivity index (χ1n) is 8.17. The van der Waals surface area contributed by atoms with Crippen molar-refractivity contribution in [3.63, 3.8) is 0 Å². The third-order valence-electron chi connectivity index (χ3n) is 4.51. The number of nitrogens with one attached hydrogen (secondary N) is 1. The Morgan fingerprint density at radius 3 is 2.84 bits per heavy atom. The second kappa shape index (κ2) is 7.50. The number of aromatic nitrogens is 1. The van der Waals surface area contributed by atoms with Gasteiger partial charge in [0.25, 0.3) is 5.91 Å². The minimum Gasteiger partial charge on any atom is -0.321 e. The maximum absolute atomic E-state index is 12.4. The van der Waals surface area contributed by atoms with Crippen LogP contribution in [0.1, 0.15) is 46.9 Å². The molecule has 5 heteroatoms. The second-order valence-corrected chi connectivity index (χ2v) is 6.35. The normalized spacial score (nSPS) is 13.6. The summed E-state index contributed by atoms with van der Waals surface area (Å²) >= 11 is 6.08. The van der Waals surface area contributed by atoms with Gasteiger partial charge in [0.2, 0.25) is 0 Å². The lowest BCUT2D eigenvalue weighted by atomic mass is 9.97. The van der Waals surface area contributed by atoms with E-state index in [2.05, 4.69) is 23.3 Å². The molecule has 1 aromatic carbocycles. The molecule has 25 heavy (non-hydrogen) atoms. The molecule has 1 N–H and O–H groups in total. The van der Waals surface area contributed by atoms with Crippen molar-refractivity contribution >= 4 is 28.8 Å². The fourth-order valence-corrected chi connectivity index (χ4v) is 3.38. The Bertz CT molecular complexity index is 879. The molecule has 1 amide bonds. The van der Waals surface area contributed by atoms with Crippen molar-refractivity contribution in [3.05, 3.63) is 64.5 Å². The molecule has 1 aliphatic carbocycles. The molecule has 0 radical (unpaired) electrons. The van der Waals surface area contributed by atoms with Crippen LogP contribution in [-0.2, 0) is 6.42 Å². The van der Waals surface area contributed by atoms with Gasteiger partial charge in [-0.05, 0) is 67.2 Å². The number of aryl methyl sites for hydroxylation is 1. The van der Waals surface area contributed by atoms with Gasteiger partial charge in [-0.15, -0.1) is 11.6 Å². The zero-order chi connectivity index (χ0) is 17.8. The number of carbonyl (C=O) groups is 1. The van der Waals surface area contributed by atoms with E-state index < -0.39 is 0 Å². The van der Waals surface area contributed by atoms with Crippen molar-refractivity contribution in [1.29, 1.82) is 5.26 Å². The van der Waals surface area contributed by atoms with Crippen LogP contribution >= 0.6 is 11.6 Å². The number of anilines is 1. The predicted octanol–water partition coefficient (Wildman–Crippen LogP) is 4.55. The second-order valence-electron chi connectivity index (χ2n) is 6.09. The number of pyridine rings is 1. The predicted molar refractivity (Wildman–Crippen MR) is 99.6 cm³/mol. The molecule has 0 bridgehead atoms. The smallest absolute Gasteiger partial charge is 0.274 e. The number of halogens is 1. The van der Waals surface area contributed by atoms with Crippen molar-refractivity contribution in [2.24, 2.45) is 0 Å². The average molecular weight is 352 g/mol. The van der Waals surface area contributed by atoms with Crippen molar-refractivity contribution in [3.8, 4) is 6.07 Å². The molecule has 1 aromatic heterocycles. The third-order valence-corrected chi connectivity index (χ3v) is 4.84. The molecule has 0 atom stereocenters. The minimum absolute atomic E-state index is 0.280. The van der Waals surface area contributed by atoms with Crippen molar-refractivity contribution in [2.45, 2.75) is 26.2 Å². The summed E-state index contributed by atoms with van der Waals surface area (Å²) in [4.78, 5) is 16.4. The summed E-state index contributed by atoms with van der Waals surface area (Å²) in [5, 5.41) is 11.7. The van der Waals surface area contributed by atoms with E-state index in [4.69, 9.17) is 16.9 Å². The highest BCUT2D eigenvalue weighted by molar-refractivity contribution is 6.20. The van der Waals surface area contributed by atoms with Gasteiger partial charge in [0.1, 0.15) is 11.8 Å². The van der Waals surface area contributed by atoms with E-state index in [1.54, 1.807) is 12.1 Å². The van der Waals surface area contributed by atoms with Crippen molar-refractivity contribution < 1.29 is 4.79 Å². The van der Waals surface area contributed by atoms with E-state index in [1.807, 2.05) is 18.2 Å². The maximum Gasteiger partial charge on any atom is 0.274 e. The van der Waals surface area contributed by atoms with Crippen LogP contribution in [-0.4, -0.2) is 16.8 Å². The highest BCUT2D eigenvalue weighted by Gasteiger charge is 2.15. The Morgan fingerprint density at radius 2 is 2.16 bits per heavy atom. The van der Waals surface area contributed by atoms with E-state index in [0.29, 0.717) is 11.4 Å². The number of rotatable bonds is 3. The largest absolute Gasteiger partial charge is 0.321 e. The lowest BCUT2D eigenvalue weighted by Gasteiger charge is -2.12. The van der Waals surface area contributed by atoms with Gasteiger partial charge in [-0.25, -0.2) is 4.98 Å². The van der Waals surface area contributed by atoms with Crippen LogP contribution in [0.3, 0.4) is 0 Å². The van der Waals surface area contributed by atoms with Crippen LogP contribution < -0.4 is 5.32 Å². The van der Waals surface area contributed by atoms with Crippen LogP contribution in [0, 0.1) is 11.3 Å². The van der Waals surface area contributed by atoms with Gasteiger partial charge >= 0.3 is 0 Å². The van der Waals surface area contributed by atoms with Gasteiger partial charge in [0.05, 0.1) is 5.56 Å². The summed E-state index contributed by atoms with van der Waals surface area (Å²) in [5.41, 5.74) is 6.34. The van der Waals surface area contributed by atoms with Crippen LogP contribution in [0.4, 0.5) is 5.69 Å². The minimum atomic E-state index is -0.294. The molecule has 0 saturated heterocycles. The van der Waals surface area contributed by atoms with Crippen LogP contribution in [0.25, 0.3) is 5.57 Å². The molecular formula is C20H18ClN3O. The lowest BCUT2D eigenvalue weighted by Crippen LogP contribution is -2.14. The molecule has 0 aliphatic heterocycles. The summed E-state index contributed by atoms with van der Waals surface area (Å²) in [6.07, 6.45) is 4.51. The highest BCUT2D eigenvalue weighted by Crippen LogP contribution is 2.32. The molecule has 0 saturated carbocycles. The summed E-state index contributed by atoms with van der Waals surface area (Å²) < 4.78 is 0. The number of hydrogen-bond donors (Lipinski definition) is 1. The molecule has 126 valence electrons. The van der Waals surface area contributed by atoms with E-state index >= 15 is 0 Å². The number of nitriles is 1. The van der Waals surface area contributed by atoms with E-state index in [9.17, 15) is 4.79 Å². The molecule has 0 fully saturated rings. The first-order valence-corrected chi connectivity index (χ1v) is 8.71. The number of carbonyl (C=O) groups excluding carboxylic acids is 1. The number of alkyl halides is 1. The number of nitrogens with zero attached hydrogens (tertiary/aromatic N) is 2. The molecule has 1 heterocycles. The third kappa shape index (κ3) is 3.72. The zero-order valence-electron chi connectivity index (χ0n) is 14.0. The number of fused-ring (bicyclic) bond motifs is 1. The van der Waals surface area contributed by atoms with Gasteiger partial charge in [-0.1, -0.05) is 11.6 Å². The summed E-state index contributed by atoms with van der Waals surface area (Å²) in [6.45, 7) is 2.09. The topological polar surface area (TPSA) is 65.8 Å². The standard InChI is InChI=1S/C20H18ClN3O/c1-13-16(10-21)4-2-3-15-6-7-17(9-18(13)15)24-20(25)19-8-5-14(11-22)12-23-19/h5-9,12H,2-4,10H2,1H3,(H,24,25). The monoisotopic (exact) mass is 351 g/mol. The Hall–Kier alpha value is -2.64. The van der Waals surface area contributed by atoms with Crippen molar-refractivity contribution in [1.82, 2.24) is 4.98 Å². The van der Waals surface area contributed by atoms with Gasteiger partial charge in [-0.2, -0.15) is 5.26 Å². The molecule has 0 unspecified atom stereocenters. The molecule has 1 aliphatic rings. The number of hydrogen-bond acceptors (Lipinski definition) is 3. The molecule has 0 spiro atoms. The molecular weight excluding hydrogens is 334 g/mol. The quantitative estimate of drug-likeness (QED) is 0.824. The van der Waals surface area contributed by atoms with Crippen LogP contribution in [0.5, 0.6) is 0 Å². The van der Waals surface area contributed by atoms with Gasteiger partial charge in [0.15, 0.2) is 0 Å². The Balaban J connectivity index is 1.86. The Morgan fingerprint density at radius 1 is 1.32 bits per heavy atom.